The van der Waals surface area contributed by atoms with Gasteiger partial charge in [-0.25, -0.2) is 0 Å². The Morgan fingerprint density at radius 3 is 1.49 bits per heavy atom. The van der Waals surface area contributed by atoms with E-state index in [1.54, 1.807) is 13.8 Å². The van der Waals surface area contributed by atoms with Crippen molar-refractivity contribution in [3.05, 3.63) is 0 Å². The predicted octanol–water partition coefficient (Wildman–Crippen LogP) is -4.23. The highest BCUT2D eigenvalue weighted by Crippen LogP contribution is 2.21. The van der Waals surface area contributed by atoms with Crippen LogP contribution >= 0.6 is 0 Å². The standard InChI is InChI=1S/C43H82N18O8/c1-6-25(4)33(60-37(66)29(15-10-20-53-42(48)49)56-35(64)27(55-26(5)62)14-9-19-52-41(46)47)39(68)58-30(16-11-21-54-43(50)51)40(69)61-22-12-17-32(61)38(67)57-28(13-7-8-18-44)36(65)59-31(34(45)63)23-24(2)3/h24-25,27-33H,6-23,44H2,1-5H3,(H2,45,63)(H,55,62)(H,56,64)(H,57,67)(H,58,68)(H,59,65)(H,60,66)(H4,46,47,52)(H4,48,49,53)(H4,50,51,54)/t25-,27-,28-,29-,30-,31+,32-,33-/m0/s1. The molecule has 0 aromatic rings. The molecule has 1 saturated heterocycles. The van der Waals surface area contributed by atoms with Crippen LogP contribution in [-0.4, -0.2) is 145 Å². The van der Waals surface area contributed by atoms with Gasteiger partial charge in [0.25, 0.3) is 0 Å². The quantitative estimate of drug-likeness (QED) is 0.0168. The van der Waals surface area contributed by atoms with Crippen molar-refractivity contribution in [1.29, 1.82) is 0 Å². The third kappa shape index (κ3) is 23.9. The van der Waals surface area contributed by atoms with Crippen molar-refractivity contribution in [2.24, 2.45) is 72.7 Å². The van der Waals surface area contributed by atoms with Crippen molar-refractivity contribution in [3.63, 3.8) is 0 Å². The summed E-state index contributed by atoms with van der Waals surface area (Å²) in [6.07, 6.45) is 3.56. The van der Waals surface area contributed by atoms with E-state index in [2.05, 4.69) is 46.9 Å². The van der Waals surface area contributed by atoms with Crippen LogP contribution in [0, 0.1) is 11.8 Å². The molecule has 22 N–H and O–H groups in total. The molecule has 1 aliphatic heterocycles. The summed E-state index contributed by atoms with van der Waals surface area (Å²) in [5, 5.41) is 16.3. The normalized spacial score (nSPS) is 16.2. The Labute approximate surface area is 405 Å². The van der Waals surface area contributed by atoms with E-state index < -0.39 is 95.5 Å². The van der Waals surface area contributed by atoms with Gasteiger partial charge in [-0.3, -0.25) is 53.3 Å². The van der Waals surface area contributed by atoms with Crippen molar-refractivity contribution in [2.75, 3.05) is 32.7 Å². The molecule has 1 aliphatic rings. The number of likely N-dealkylation sites (tertiary alicyclic amines) is 1. The number of nitrogens with two attached hydrogens (primary N) is 8. The highest BCUT2D eigenvalue weighted by Gasteiger charge is 2.40. The van der Waals surface area contributed by atoms with Crippen LogP contribution in [0.3, 0.4) is 0 Å². The molecule has 0 saturated carbocycles. The fourth-order valence-electron chi connectivity index (χ4n) is 7.56. The minimum Gasteiger partial charge on any atom is -0.370 e. The lowest BCUT2D eigenvalue weighted by Crippen LogP contribution is -2.60. The molecule has 1 fully saturated rings. The maximum absolute atomic E-state index is 14.5. The van der Waals surface area contributed by atoms with Gasteiger partial charge in [0.2, 0.25) is 47.3 Å². The molecule has 0 radical (unpaired) electrons. The van der Waals surface area contributed by atoms with Gasteiger partial charge in [0, 0.05) is 33.1 Å². The summed E-state index contributed by atoms with van der Waals surface area (Å²) >= 11 is 0. The van der Waals surface area contributed by atoms with Crippen molar-refractivity contribution < 1.29 is 38.4 Å². The van der Waals surface area contributed by atoms with E-state index in [0.29, 0.717) is 38.6 Å². The molecule has 1 heterocycles. The van der Waals surface area contributed by atoms with Crippen LogP contribution in [0.5, 0.6) is 0 Å². The highest BCUT2D eigenvalue weighted by molar-refractivity contribution is 5.98. The number of nitrogens with zero attached hydrogens (tertiary/aromatic N) is 4. The molecular weight excluding hydrogens is 897 g/mol. The number of guanidine groups is 3. The van der Waals surface area contributed by atoms with Crippen LogP contribution in [0.1, 0.15) is 118 Å². The van der Waals surface area contributed by atoms with Gasteiger partial charge < -0.3 is 82.7 Å². The first-order valence-corrected chi connectivity index (χ1v) is 23.8. The fraction of sp³-hybridized carbons (Fsp3) is 0.744. The largest absolute Gasteiger partial charge is 0.370 e. The minimum absolute atomic E-state index is 0.0213. The molecule has 1 rings (SSSR count). The number of rotatable bonds is 33. The molecule has 0 bridgehead atoms. The van der Waals surface area contributed by atoms with Gasteiger partial charge in [-0.05, 0) is 95.4 Å². The second kappa shape index (κ2) is 32.3. The third-order valence-corrected chi connectivity index (χ3v) is 11.4. The molecule has 0 aromatic heterocycles. The van der Waals surface area contributed by atoms with E-state index in [1.807, 2.05) is 13.8 Å². The summed E-state index contributed by atoms with van der Waals surface area (Å²) in [4.78, 5) is 122. The lowest BCUT2D eigenvalue weighted by molar-refractivity contribution is -0.143. The summed E-state index contributed by atoms with van der Waals surface area (Å²) < 4.78 is 0. The van der Waals surface area contributed by atoms with Gasteiger partial charge in [-0.15, -0.1) is 0 Å². The van der Waals surface area contributed by atoms with Crippen LogP contribution in [0.4, 0.5) is 0 Å². The SMILES string of the molecule is CC[C@H](C)[C@H](NC(=O)[C@H](CCCN=C(N)N)NC(=O)[C@H](CCCN=C(N)N)NC(C)=O)C(=O)N[C@@H](CCCN=C(N)N)C(=O)N1CCC[C@H]1C(=O)N[C@@H](CCCCN)C(=O)N[C@H](CC(C)C)C(N)=O. The van der Waals surface area contributed by atoms with Crippen LogP contribution in [-0.2, 0) is 38.4 Å². The average molecular weight is 979 g/mol. The minimum atomic E-state index is -1.24. The first kappa shape index (κ1) is 60.5. The monoisotopic (exact) mass is 979 g/mol. The fourth-order valence-corrected chi connectivity index (χ4v) is 7.56. The summed E-state index contributed by atoms with van der Waals surface area (Å²) in [7, 11) is 0. The van der Waals surface area contributed by atoms with E-state index in [9.17, 15) is 38.4 Å². The molecule has 26 nitrogen and oxygen atoms in total. The second-order valence-corrected chi connectivity index (χ2v) is 17.7. The van der Waals surface area contributed by atoms with Gasteiger partial charge in [0.1, 0.15) is 42.3 Å². The highest BCUT2D eigenvalue weighted by atomic mass is 16.2. The summed E-state index contributed by atoms with van der Waals surface area (Å²) in [5.74, 6) is -6.12. The first-order valence-electron chi connectivity index (χ1n) is 23.8. The van der Waals surface area contributed by atoms with Crippen molar-refractivity contribution in [3.8, 4) is 0 Å². The van der Waals surface area contributed by atoms with Gasteiger partial charge in [0.15, 0.2) is 17.9 Å². The Morgan fingerprint density at radius 2 is 1.03 bits per heavy atom. The number of hydrogen-bond donors (Lipinski definition) is 14. The number of amides is 8. The Kier molecular flexibility index (Phi) is 28.4. The molecule has 0 unspecified atom stereocenters. The lowest BCUT2D eigenvalue weighted by Gasteiger charge is -2.32. The smallest absolute Gasteiger partial charge is 0.245 e. The second-order valence-electron chi connectivity index (χ2n) is 17.7. The van der Waals surface area contributed by atoms with E-state index >= 15 is 0 Å². The zero-order valence-corrected chi connectivity index (χ0v) is 41.1. The van der Waals surface area contributed by atoms with Crippen LogP contribution < -0.4 is 77.8 Å². The topological polar surface area (TPSA) is 457 Å². The number of carbonyl (C=O) groups excluding carboxylic acids is 8. The number of primary amides is 1. The Bertz CT molecular complexity index is 1780. The maximum Gasteiger partial charge on any atom is 0.245 e. The van der Waals surface area contributed by atoms with Gasteiger partial charge >= 0.3 is 0 Å². The maximum atomic E-state index is 14.5. The molecule has 8 atom stereocenters. The molecule has 0 aromatic carbocycles. The number of aliphatic imine (C=N–C) groups is 3. The molecule has 0 aliphatic carbocycles. The van der Waals surface area contributed by atoms with Gasteiger partial charge in [-0.1, -0.05) is 34.1 Å². The van der Waals surface area contributed by atoms with Crippen LogP contribution in [0.15, 0.2) is 15.0 Å². The summed E-state index contributed by atoms with van der Waals surface area (Å²) in [6.45, 7) is 9.42. The number of unbranched alkanes of at least 4 members (excludes halogenated alkanes) is 1. The molecule has 26 heteroatoms. The van der Waals surface area contributed by atoms with Gasteiger partial charge in [-0.2, -0.15) is 0 Å². The van der Waals surface area contributed by atoms with E-state index in [1.165, 1.54) is 11.8 Å². The lowest BCUT2D eigenvalue weighted by atomic mass is 9.96. The predicted molar refractivity (Wildman–Crippen MR) is 263 cm³/mol. The first-order chi connectivity index (χ1) is 32.5. The molecule has 69 heavy (non-hydrogen) atoms. The third-order valence-electron chi connectivity index (χ3n) is 11.4. The Balaban J connectivity index is 3.51. The molecule has 392 valence electrons. The Morgan fingerprint density at radius 1 is 0.580 bits per heavy atom. The number of nitrogens with one attached hydrogen (secondary N) is 6. The number of carbonyl (C=O) groups is 8. The molecule has 8 amide bonds. The average Bonchev–Trinajstić information content (AvgIpc) is 3.77. The zero-order chi connectivity index (χ0) is 52.2. The summed E-state index contributed by atoms with van der Waals surface area (Å²) in [6, 6.07) is -7.83. The summed E-state index contributed by atoms with van der Waals surface area (Å²) in [5.41, 5.74) is 44.2. The van der Waals surface area contributed by atoms with E-state index in [-0.39, 0.29) is 101 Å². The Hall–Kier alpha value is -6.47. The van der Waals surface area contributed by atoms with Crippen LogP contribution in [0.2, 0.25) is 0 Å². The van der Waals surface area contributed by atoms with E-state index in [4.69, 9.17) is 45.9 Å². The van der Waals surface area contributed by atoms with Crippen molar-refractivity contribution >= 4 is 65.1 Å². The van der Waals surface area contributed by atoms with Gasteiger partial charge in [0.05, 0.1) is 0 Å². The van der Waals surface area contributed by atoms with Crippen molar-refractivity contribution in [1.82, 2.24) is 36.8 Å². The zero-order valence-electron chi connectivity index (χ0n) is 41.1. The van der Waals surface area contributed by atoms with E-state index in [0.717, 1.165) is 0 Å². The molecule has 0 spiro atoms. The van der Waals surface area contributed by atoms with Crippen LogP contribution in [0.25, 0.3) is 0 Å². The van der Waals surface area contributed by atoms with Crippen molar-refractivity contribution in [2.45, 2.75) is 160 Å². The molecular formula is C43H82N18O8. The number of hydrogen-bond acceptors (Lipinski definition) is 12.